The Morgan fingerprint density at radius 1 is 1.26 bits per heavy atom. The molecule has 0 aliphatic carbocycles. The number of nitrogens with zero attached hydrogens (tertiary/aromatic N) is 1. The monoisotopic (exact) mass is 279 g/mol. The Labute approximate surface area is 116 Å². The lowest BCUT2D eigenvalue weighted by Crippen LogP contribution is -2.34. The van der Waals surface area contributed by atoms with Gasteiger partial charge in [0.1, 0.15) is 6.54 Å². The average molecular weight is 280 g/mol. The van der Waals surface area contributed by atoms with Crippen LogP contribution in [0.5, 0.6) is 0 Å². The van der Waals surface area contributed by atoms with Crippen LogP contribution in [0.1, 0.15) is 6.92 Å². The van der Waals surface area contributed by atoms with E-state index in [0.29, 0.717) is 10.7 Å². The highest BCUT2D eigenvalue weighted by Gasteiger charge is 2.16. The Balaban J connectivity index is 2.97. The lowest BCUT2D eigenvalue weighted by atomic mass is 10.2. The minimum Gasteiger partial charge on any atom is -0.480 e. The maximum Gasteiger partial charge on any atom is 0.323 e. The van der Waals surface area contributed by atoms with Crippen LogP contribution in [0, 0.1) is 0 Å². The Hall–Kier alpha value is -2.07. The van der Waals surface area contributed by atoms with Crippen molar-refractivity contribution in [3.63, 3.8) is 0 Å². The lowest BCUT2D eigenvalue weighted by molar-refractivity contribution is -0.136. The van der Waals surface area contributed by atoms with Crippen LogP contribution in [0.2, 0.25) is 5.02 Å². The lowest BCUT2D eigenvalue weighted by Gasteiger charge is -2.19. The van der Waals surface area contributed by atoms with Crippen molar-refractivity contribution in [3.8, 4) is 0 Å². The predicted molar refractivity (Wildman–Crippen MR) is 75.4 cm³/mol. The molecule has 100 valence electrons. The van der Waals surface area contributed by atoms with E-state index in [1.165, 1.54) is 11.0 Å². The van der Waals surface area contributed by atoms with Gasteiger partial charge < -0.3 is 5.11 Å². The first-order valence-electron chi connectivity index (χ1n) is 5.63. The van der Waals surface area contributed by atoms with Gasteiger partial charge in [0, 0.05) is 16.8 Å². The van der Waals surface area contributed by atoms with Gasteiger partial charge in [-0.2, -0.15) is 0 Å². The van der Waals surface area contributed by atoms with Crippen molar-refractivity contribution >= 4 is 29.2 Å². The van der Waals surface area contributed by atoms with Gasteiger partial charge in [-0.05, 0) is 31.2 Å². The molecule has 0 atom stereocenters. The molecule has 1 amide bonds. The summed E-state index contributed by atoms with van der Waals surface area (Å²) in [7, 11) is 0. The molecule has 19 heavy (non-hydrogen) atoms. The van der Waals surface area contributed by atoms with Crippen molar-refractivity contribution in [2.24, 2.45) is 0 Å². The number of hydrogen-bond donors (Lipinski definition) is 1. The van der Waals surface area contributed by atoms with Gasteiger partial charge in [0.25, 0.3) is 5.91 Å². The summed E-state index contributed by atoms with van der Waals surface area (Å²) in [5.74, 6) is -1.48. The third-order valence-corrected chi connectivity index (χ3v) is 2.49. The summed E-state index contributed by atoms with van der Waals surface area (Å²) in [6, 6.07) is 6.42. The van der Waals surface area contributed by atoms with Crippen LogP contribution in [0.25, 0.3) is 0 Å². The molecule has 0 unspecified atom stereocenters. The molecular weight excluding hydrogens is 266 g/mol. The minimum atomic E-state index is -1.08. The molecule has 1 aromatic rings. The quantitative estimate of drug-likeness (QED) is 0.666. The van der Waals surface area contributed by atoms with Crippen molar-refractivity contribution in [2.45, 2.75) is 6.92 Å². The van der Waals surface area contributed by atoms with Gasteiger partial charge in [0.2, 0.25) is 0 Å². The molecular formula is C14H14ClNO3. The number of carbonyl (C=O) groups is 2. The smallest absolute Gasteiger partial charge is 0.323 e. The van der Waals surface area contributed by atoms with Crippen LogP contribution in [0.15, 0.2) is 48.6 Å². The van der Waals surface area contributed by atoms with Gasteiger partial charge in [0.05, 0.1) is 0 Å². The van der Waals surface area contributed by atoms with E-state index >= 15 is 0 Å². The van der Waals surface area contributed by atoms with Crippen LogP contribution in [0.4, 0.5) is 5.69 Å². The fraction of sp³-hybridized carbons (Fsp3) is 0.143. The number of carboxylic acid groups (broad SMARTS) is 1. The minimum absolute atomic E-state index is 0.400. The number of benzene rings is 1. The molecule has 0 aliphatic rings. The zero-order chi connectivity index (χ0) is 14.3. The molecule has 0 bridgehead atoms. The van der Waals surface area contributed by atoms with Gasteiger partial charge in [-0.15, -0.1) is 0 Å². The molecule has 1 aromatic carbocycles. The second-order valence-electron chi connectivity index (χ2n) is 3.68. The molecule has 0 saturated carbocycles. The second kappa shape index (κ2) is 7.38. The molecule has 1 N–H and O–H groups in total. The van der Waals surface area contributed by atoms with Crippen molar-refractivity contribution in [2.75, 3.05) is 11.4 Å². The maximum absolute atomic E-state index is 11.9. The average Bonchev–Trinajstić information content (AvgIpc) is 2.37. The number of hydrogen-bond acceptors (Lipinski definition) is 2. The van der Waals surface area contributed by atoms with E-state index in [9.17, 15) is 9.59 Å². The number of aliphatic carboxylic acids is 1. The third-order valence-electron chi connectivity index (χ3n) is 2.24. The van der Waals surface area contributed by atoms with E-state index in [1.807, 2.05) is 6.92 Å². The van der Waals surface area contributed by atoms with E-state index in [-0.39, 0.29) is 0 Å². The Morgan fingerprint density at radius 3 is 2.42 bits per heavy atom. The molecule has 4 nitrogen and oxygen atoms in total. The first kappa shape index (κ1) is 15.0. The highest BCUT2D eigenvalue weighted by atomic mass is 35.5. The fourth-order valence-electron chi connectivity index (χ4n) is 1.39. The Kier molecular flexibility index (Phi) is 5.82. The summed E-state index contributed by atoms with van der Waals surface area (Å²) in [5.41, 5.74) is 0.488. The SMILES string of the molecule is C/C=C/C=C/C(=O)N(CC(=O)O)c1ccc(Cl)cc1. The zero-order valence-electron chi connectivity index (χ0n) is 10.4. The highest BCUT2D eigenvalue weighted by Crippen LogP contribution is 2.18. The van der Waals surface area contributed by atoms with Crippen molar-refractivity contribution in [3.05, 3.63) is 53.6 Å². The summed E-state index contributed by atoms with van der Waals surface area (Å²) < 4.78 is 0. The van der Waals surface area contributed by atoms with E-state index in [2.05, 4.69) is 0 Å². The van der Waals surface area contributed by atoms with E-state index in [0.717, 1.165) is 0 Å². The second-order valence-corrected chi connectivity index (χ2v) is 4.12. The van der Waals surface area contributed by atoms with Gasteiger partial charge >= 0.3 is 5.97 Å². The van der Waals surface area contributed by atoms with E-state index in [1.54, 1.807) is 42.5 Å². The van der Waals surface area contributed by atoms with Crippen LogP contribution in [-0.4, -0.2) is 23.5 Å². The van der Waals surface area contributed by atoms with Gasteiger partial charge in [0.15, 0.2) is 0 Å². The van der Waals surface area contributed by atoms with Crippen molar-refractivity contribution in [1.82, 2.24) is 0 Å². The standard InChI is InChI=1S/C14H14ClNO3/c1-2-3-4-5-13(17)16(10-14(18)19)12-8-6-11(15)7-9-12/h2-9H,10H2,1H3,(H,18,19)/b3-2+,5-4+. The topological polar surface area (TPSA) is 57.6 Å². The fourth-order valence-corrected chi connectivity index (χ4v) is 1.52. The number of carboxylic acids is 1. The largest absolute Gasteiger partial charge is 0.480 e. The van der Waals surface area contributed by atoms with Crippen molar-refractivity contribution < 1.29 is 14.7 Å². The first-order valence-corrected chi connectivity index (χ1v) is 6.00. The highest BCUT2D eigenvalue weighted by molar-refractivity contribution is 6.30. The molecule has 0 spiro atoms. The van der Waals surface area contributed by atoms with Crippen LogP contribution < -0.4 is 4.90 Å². The number of allylic oxidation sites excluding steroid dienone is 3. The number of halogens is 1. The molecule has 5 heteroatoms. The molecule has 0 radical (unpaired) electrons. The van der Waals surface area contributed by atoms with Crippen molar-refractivity contribution in [1.29, 1.82) is 0 Å². The van der Waals surface area contributed by atoms with Crippen LogP contribution in [0.3, 0.4) is 0 Å². The predicted octanol–water partition coefficient (Wildman–Crippen LogP) is 2.89. The van der Waals surface area contributed by atoms with Crippen LogP contribution in [-0.2, 0) is 9.59 Å². The molecule has 0 saturated heterocycles. The number of rotatable bonds is 5. The molecule has 1 rings (SSSR count). The van der Waals surface area contributed by atoms with Gasteiger partial charge in [-0.1, -0.05) is 29.8 Å². The molecule has 0 aromatic heterocycles. The zero-order valence-corrected chi connectivity index (χ0v) is 11.2. The molecule has 0 heterocycles. The van der Waals surface area contributed by atoms with Gasteiger partial charge in [-0.25, -0.2) is 0 Å². The summed E-state index contributed by atoms with van der Waals surface area (Å²) in [6.07, 6.45) is 6.34. The van der Waals surface area contributed by atoms with E-state index in [4.69, 9.17) is 16.7 Å². The summed E-state index contributed by atoms with van der Waals surface area (Å²) >= 11 is 5.76. The Morgan fingerprint density at radius 2 is 1.89 bits per heavy atom. The summed E-state index contributed by atoms with van der Waals surface area (Å²) in [4.78, 5) is 23.9. The van der Waals surface area contributed by atoms with Crippen LogP contribution >= 0.6 is 11.6 Å². The normalized spacial score (nSPS) is 11.1. The number of amides is 1. The third kappa shape index (κ3) is 4.97. The number of carbonyl (C=O) groups excluding carboxylic acids is 1. The molecule has 0 aliphatic heterocycles. The molecule has 0 fully saturated rings. The van der Waals surface area contributed by atoms with E-state index < -0.39 is 18.4 Å². The summed E-state index contributed by atoms with van der Waals surface area (Å²) in [5, 5.41) is 9.39. The maximum atomic E-state index is 11.9. The van der Waals surface area contributed by atoms with Gasteiger partial charge in [-0.3, -0.25) is 14.5 Å². The first-order chi connectivity index (χ1) is 9.04. The summed E-state index contributed by atoms with van der Waals surface area (Å²) in [6.45, 7) is 1.42. The Bertz CT molecular complexity index is 506. The number of anilines is 1.